The monoisotopic (exact) mass is 148 g/mol. The maximum Gasteiger partial charge on any atom is 0.179 e. The van der Waals surface area contributed by atoms with Gasteiger partial charge in [0, 0.05) is 14.2 Å². The van der Waals surface area contributed by atoms with Crippen LogP contribution in [-0.4, -0.2) is 32.2 Å². The standard InChI is InChI=1S/C4H10O3.C3H6/c1-6-4(3-5)7-2;1-3-2/h4-5H,3H2,1-2H3;3H,1H2,2H3. The lowest BCUT2D eigenvalue weighted by Gasteiger charge is -2.07. The molecular formula is C7H16O3. The smallest absolute Gasteiger partial charge is 0.179 e. The maximum absolute atomic E-state index is 8.28. The molecule has 0 aromatic rings. The molecule has 0 aromatic carbocycles. The minimum absolute atomic E-state index is 0.0903. The molecule has 3 nitrogen and oxygen atoms in total. The predicted octanol–water partition coefficient (Wildman–Crippen LogP) is 0.790. The van der Waals surface area contributed by atoms with Crippen LogP contribution in [0.25, 0.3) is 0 Å². The van der Waals surface area contributed by atoms with Crippen molar-refractivity contribution in [3.8, 4) is 0 Å². The number of aliphatic hydroxyl groups excluding tert-OH is 1. The fourth-order valence-electron chi connectivity index (χ4n) is 0.245. The number of ether oxygens (including phenoxy) is 2. The van der Waals surface area contributed by atoms with E-state index in [1.807, 2.05) is 6.92 Å². The quantitative estimate of drug-likeness (QED) is 0.475. The summed E-state index contributed by atoms with van der Waals surface area (Å²) >= 11 is 0. The van der Waals surface area contributed by atoms with E-state index in [1.165, 1.54) is 14.2 Å². The molecule has 0 radical (unpaired) electrons. The van der Waals surface area contributed by atoms with Crippen LogP contribution >= 0.6 is 0 Å². The van der Waals surface area contributed by atoms with Gasteiger partial charge >= 0.3 is 0 Å². The average Bonchev–Trinajstić information content (AvgIpc) is 1.93. The lowest BCUT2D eigenvalue weighted by atomic mass is 10.7. The first-order valence-corrected chi connectivity index (χ1v) is 3.00. The first kappa shape index (κ1) is 12.3. The minimum atomic E-state index is -0.458. The summed E-state index contributed by atoms with van der Waals surface area (Å²) in [5.74, 6) is 0. The fourth-order valence-corrected chi connectivity index (χ4v) is 0.245. The van der Waals surface area contributed by atoms with Crippen LogP contribution in [0.5, 0.6) is 0 Å². The number of hydrogen-bond donors (Lipinski definition) is 1. The van der Waals surface area contributed by atoms with Crippen molar-refractivity contribution in [3.63, 3.8) is 0 Å². The largest absolute Gasteiger partial charge is 0.391 e. The Hall–Kier alpha value is -0.380. The van der Waals surface area contributed by atoms with E-state index in [9.17, 15) is 0 Å². The van der Waals surface area contributed by atoms with Crippen LogP contribution in [0.2, 0.25) is 0 Å². The first-order valence-electron chi connectivity index (χ1n) is 3.00. The predicted molar refractivity (Wildman–Crippen MR) is 40.8 cm³/mol. The summed E-state index contributed by atoms with van der Waals surface area (Å²) in [6, 6.07) is 0. The average molecular weight is 148 g/mol. The minimum Gasteiger partial charge on any atom is -0.391 e. The van der Waals surface area contributed by atoms with Crippen molar-refractivity contribution < 1.29 is 14.6 Å². The maximum atomic E-state index is 8.28. The van der Waals surface area contributed by atoms with Crippen LogP contribution in [0.15, 0.2) is 12.7 Å². The number of methoxy groups -OCH3 is 2. The summed E-state index contributed by atoms with van der Waals surface area (Å²) in [6.07, 6.45) is 1.29. The molecule has 0 saturated heterocycles. The zero-order valence-corrected chi connectivity index (χ0v) is 6.83. The van der Waals surface area contributed by atoms with Gasteiger partial charge in [-0.3, -0.25) is 0 Å². The molecule has 1 N–H and O–H groups in total. The Kier molecular flexibility index (Phi) is 14.1. The Morgan fingerprint density at radius 3 is 1.80 bits per heavy atom. The van der Waals surface area contributed by atoms with E-state index < -0.39 is 6.29 Å². The summed E-state index contributed by atoms with van der Waals surface area (Å²) < 4.78 is 9.15. The number of aliphatic hydroxyl groups is 1. The second-order valence-corrected chi connectivity index (χ2v) is 1.49. The van der Waals surface area contributed by atoms with Crippen LogP contribution < -0.4 is 0 Å². The van der Waals surface area contributed by atoms with E-state index in [-0.39, 0.29) is 6.61 Å². The molecule has 0 rings (SSSR count). The number of allylic oxidation sites excluding steroid dienone is 1. The summed E-state index contributed by atoms with van der Waals surface area (Å²) in [5, 5.41) is 8.28. The van der Waals surface area contributed by atoms with Crippen LogP contribution in [-0.2, 0) is 9.47 Å². The van der Waals surface area contributed by atoms with Gasteiger partial charge in [0.05, 0.1) is 6.61 Å². The van der Waals surface area contributed by atoms with Gasteiger partial charge in [0.25, 0.3) is 0 Å². The van der Waals surface area contributed by atoms with Gasteiger partial charge in [-0.1, -0.05) is 6.08 Å². The Morgan fingerprint density at radius 2 is 1.80 bits per heavy atom. The van der Waals surface area contributed by atoms with Gasteiger partial charge in [0.1, 0.15) is 0 Å². The summed E-state index contributed by atoms with van der Waals surface area (Å²) in [5.41, 5.74) is 0. The highest BCUT2D eigenvalue weighted by molar-refractivity contribution is 4.51. The second kappa shape index (κ2) is 11.4. The van der Waals surface area contributed by atoms with Crippen molar-refractivity contribution >= 4 is 0 Å². The van der Waals surface area contributed by atoms with E-state index in [1.54, 1.807) is 6.08 Å². The SMILES string of the molecule is C=CC.COC(CO)OC. The van der Waals surface area contributed by atoms with E-state index in [4.69, 9.17) is 5.11 Å². The molecule has 0 fully saturated rings. The third kappa shape index (κ3) is 10.6. The van der Waals surface area contributed by atoms with Crippen molar-refractivity contribution in [1.82, 2.24) is 0 Å². The molecule has 0 amide bonds. The number of rotatable bonds is 3. The highest BCUT2D eigenvalue weighted by Crippen LogP contribution is 1.84. The highest BCUT2D eigenvalue weighted by atomic mass is 16.7. The first-order chi connectivity index (χ1) is 4.76. The molecule has 10 heavy (non-hydrogen) atoms. The Bertz CT molecular complexity index is 54.4. The lowest BCUT2D eigenvalue weighted by Crippen LogP contribution is -2.16. The molecule has 0 atom stereocenters. The van der Waals surface area contributed by atoms with Gasteiger partial charge in [-0.2, -0.15) is 0 Å². The molecule has 62 valence electrons. The molecule has 3 heteroatoms. The van der Waals surface area contributed by atoms with Crippen molar-refractivity contribution in [2.24, 2.45) is 0 Å². The molecule has 0 aliphatic heterocycles. The van der Waals surface area contributed by atoms with Crippen LogP contribution in [0.3, 0.4) is 0 Å². The molecular weight excluding hydrogens is 132 g/mol. The normalized spacial score (nSPS) is 8.50. The van der Waals surface area contributed by atoms with Crippen LogP contribution in [0, 0.1) is 0 Å². The molecule has 0 heterocycles. The third-order valence-corrected chi connectivity index (χ3v) is 0.675. The molecule has 0 aliphatic carbocycles. The fraction of sp³-hybridized carbons (Fsp3) is 0.714. The van der Waals surface area contributed by atoms with E-state index in [0.717, 1.165) is 0 Å². The lowest BCUT2D eigenvalue weighted by molar-refractivity contribution is -0.127. The van der Waals surface area contributed by atoms with Gasteiger partial charge < -0.3 is 14.6 Å². The van der Waals surface area contributed by atoms with Crippen molar-refractivity contribution in [2.45, 2.75) is 13.2 Å². The zero-order valence-electron chi connectivity index (χ0n) is 6.83. The van der Waals surface area contributed by atoms with Crippen molar-refractivity contribution in [1.29, 1.82) is 0 Å². The van der Waals surface area contributed by atoms with E-state index >= 15 is 0 Å². The summed E-state index contributed by atoms with van der Waals surface area (Å²) in [4.78, 5) is 0. The number of hydrogen-bond acceptors (Lipinski definition) is 3. The molecule has 0 spiro atoms. The van der Waals surface area contributed by atoms with Crippen LogP contribution in [0.1, 0.15) is 6.92 Å². The van der Waals surface area contributed by atoms with Crippen molar-refractivity contribution in [2.75, 3.05) is 20.8 Å². The van der Waals surface area contributed by atoms with Crippen molar-refractivity contribution in [3.05, 3.63) is 12.7 Å². The molecule has 0 bridgehead atoms. The molecule has 0 aromatic heterocycles. The van der Waals surface area contributed by atoms with Gasteiger partial charge in [-0.25, -0.2) is 0 Å². The van der Waals surface area contributed by atoms with Gasteiger partial charge in [-0.15, -0.1) is 6.58 Å². The Balaban J connectivity index is 0. The summed E-state index contributed by atoms with van der Waals surface area (Å²) in [7, 11) is 2.95. The van der Waals surface area contributed by atoms with Gasteiger partial charge in [-0.05, 0) is 6.92 Å². The van der Waals surface area contributed by atoms with Gasteiger partial charge in [0.15, 0.2) is 6.29 Å². The Labute approximate surface area is 62.3 Å². The molecule has 0 unspecified atom stereocenters. The van der Waals surface area contributed by atoms with E-state index in [2.05, 4.69) is 16.1 Å². The highest BCUT2D eigenvalue weighted by Gasteiger charge is 1.98. The Morgan fingerprint density at radius 1 is 1.50 bits per heavy atom. The van der Waals surface area contributed by atoms with Crippen LogP contribution in [0.4, 0.5) is 0 Å². The molecule has 0 saturated carbocycles. The third-order valence-electron chi connectivity index (χ3n) is 0.675. The van der Waals surface area contributed by atoms with E-state index in [0.29, 0.717) is 0 Å². The van der Waals surface area contributed by atoms with Gasteiger partial charge in [0.2, 0.25) is 0 Å². The summed E-state index contributed by atoms with van der Waals surface area (Å²) in [6.45, 7) is 5.16. The zero-order chi connectivity index (χ0) is 8.41. The molecule has 0 aliphatic rings. The second-order valence-electron chi connectivity index (χ2n) is 1.49. The topological polar surface area (TPSA) is 38.7 Å².